The van der Waals surface area contributed by atoms with Crippen molar-refractivity contribution < 1.29 is 14.3 Å². The van der Waals surface area contributed by atoms with E-state index in [0.29, 0.717) is 19.0 Å². The highest BCUT2D eigenvalue weighted by Gasteiger charge is 2.40. The molecule has 3 heterocycles. The summed E-state index contributed by atoms with van der Waals surface area (Å²) in [5, 5.41) is 2.95. The minimum atomic E-state index is -0.0896. The zero-order valence-corrected chi connectivity index (χ0v) is 16.4. The molecule has 1 aromatic carbocycles. The van der Waals surface area contributed by atoms with Crippen LogP contribution in [0.4, 0.5) is 4.79 Å². The number of hydrogen-bond acceptors (Lipinski definition) is 3. The molecule has 3 amide bonds. The standard InChI is InChI=1S/C21H29N3O3/c1-21(2,3)16-6-4-14(5-7-16)15-10-24(11-15)20(26)23-9-8-18-17(12-23)22-19(25)13-27-18/h4-7,15,17-18H,8-13H2,1-3H3,(H,22,25)/t17-,18-/m1/s1. The summed E-state index contributed by atoms with van der Waals surface area (Å²) in [6, 6.07) is 8.81. The third-order valence-electron chi connectivity index (χ3n) is 5.99. The monoisotopic (exact) mass is 371 g/mol. The third kappa shape index (κ3) is 3.68. The number of ether oxygens (including phenoxy) is 1. The van der Waals surface area contributed by atoms with Crippen LogP contribution in [-0.2, 0) is 14.9 Å². The maximum atomic E-state index is 12.8. The van der Waals surface area contributed by atoms with E-state index in [-0.39, 0.29) is 36.1 Å². The number of morpholine rings is 1. The highest BCUT2D eigenvalue weighted by Crippen LogP contribution is 2.31. The summed E-state index contributed by atoms with van der Waals surface area (Å²) in [4.78, 5) is 28.1. The van der Waals surface area contributed by atoms with Gasteiger partial charge in [-0.15, -0.1) is 0 Å². The molecule has 0 aliphatic carbocycles. The van der Waals surface area contributed by atoms with Crippen molar-refractivity contribution in [2.45, 2.75) is 50.7 Å². The first-order valence-electron chi connectivity index (χ1n) is 9.86. The Hall–Kier alpha value is -2.08. The summed E-state index contributed by atoms with van der Waals surface area (Å²) < 4.78 is 5.57. The maximum absolute atomic E-state index is 12.8. The zero-order valence-electron chi connectivity index (χ0n) is 16.4. The minimum Gasteiger partial charge on any atom is -0.366 e. The molecule has 4 rings (SSSR count). The second-order valence-corrected chi connectivity index (χ2v) is 9.01. The van der Waals surface area contributed by atoms with Gasteiger partial charge in [0.25, 0.3) is 0 Å². The van der Waals surface area contributed by atoms with E-state index in [2.05, 4.69) is 50.4 Å². The first-order chi connectivity index (χ1) is 12.8. The number of hydrogen-bond donors (Lipinski definition) is 1. The first kappa shape index (κ1) is 18.3. The fourth-order valence-electron chi connectivity index (χ4n) is 4.17. The summed E-state index contributed by atoms with van der Waals surface area (Å²) in [5.74, 6) is 0.325. The van der Waals surface area contributed by atoms with Crippen molar-refractivity contribution in [2.75, 3.05) is 32.8 Å². The number of piperidine rings is 1. The summed E-state index contributed by atoms with van der Waals surface area (Å²) in [6.07, 6.45) is 0.819. The van der Waals surface area contributed by atoms with Crippen LogP contribution in [0.2, 0.25) is 0 Å². The predicted octanol–water partition coefficient (Wildman–Crippen LogP) is 2.09. The summed E-state index contributed by atoms with van der Waals surface area (Å²) in [6.45, 7) is 9.55. The van der Waals surface area contributed by atoms with E-state index in [9.17, 15) is 9.59 Å². The van der Waals surface area contributed by atoms with Gasteiger partial charge < -0.3 is 19.9 Å². The highest BCUT2D eigenvalue weighted by molar-refractivity contribution is 5.79. The molecule has 3 aliphatic heterocycles. The minimum absolute atomic E-state index is 0.0391. The van der Waals surface area contributed by atoms with Crippen molar-refractivity contribution in [2.24, 2.45) is 0 Å². The van der Waals surface area contributed by atoms with Crippen molar-refractivity contribution >= 4 is 11.9 Å². The average molecular weight is 371 g/mol. The second-order valence-electron chi connectivity index (χ2n) is 9.01. The second kappa shape index (κ2) is 6.82. The number of benzene rings is 1. The molecule has 6 nitrogen and oxygen atoms in total. The molecule has 1 aromatic rings. The molecule has 0 bridgehead atoms. The van der Waals surface area contributed by atoms with E-state index in [0.717, 1.165) is 19.5 Å². The number of carbonyl (C=O) groups is 2. The third-order valence-corrected chi connectivity index (χ3v) is 5.99. The molecule has 2 atom stereocenters. The molecule has 0 unspecified atom stereocenters. The molecule has 1 N–H and O–H groups in total. The van der Waals surface area contributed by atoms with Gasteiger partial charge in [0.05, 0.1) is 12.1 Å². The van der Waals surface area contributed by atoms with Crippen LogP contribution in [0.5, 0.6) is 0 Å². The molecule has 0 aromatic heterocycles. The van der Waals surface area contributed by atoms with Crippen LogP contribution in [-0.4, -0.2) is 66.7 Å². The van der Waals surface area contributed by atoms with Crippen molar-refractivity contribution in [3.05, 3.63) is 35.4 Å². The van der Waals surface area contributed by atoms with Crippen LogP contribution in [0.1, 0.15) is 44.2 Å². The Kier molecular flexibility index (Phi) is 4.62. The Bertz CT molecular complexity index is 719. The lowest BCUT2D eigenvalue weighted by atomic mass is 9.84. The highest BCUT2D eigenvalue weighted by atomic mass is 16.5. The van der Waals surface area contributed by atoms with Gasteiger partial charge in [-0.05, 0) is 23.0 Å². The number of nitrogens with one attached hydrogen (secondary N) is 1. The van der Waals surface area contributed by atoms with Gasteiger partial charge in [-0.25, -0.2) is 4.79 Å². The normalized spacial score (nSPS) is 26.3. The number of urea groups is 1. The van der Waals surface area contributed by atoms with E-state index in [1.54, 1.807) is 0 Å². The van der Waals surface area contributed by atoms with Gasteiger partial charge in [-0.3, -0.25) is 4.79 Å². The molecular formula is C21H29N3O3. The summed E-state index contributed by atoms with van der Waals surface area (Å²) >= 11 is 0. The quantitative estimate of drug-likeness (QED) is 0.822. The Labute approximate surface area is 160 Å². The molecule has 0 spiro atoms. The topological polar surface area (TPSA) is 61.9 Å². The van der Waals surface area contributed by atoms with Gasteiger partial charge in [-0.2, -0.15) is 0 Å². The van der Waals surface area contributed by atoms with E-state index < -0.39 is 0 Å². The van der Waals surface area contributed by atoms with Gasteiger partial charge in [0.15, 0.2) is 0 Å². The Balaban J connectivity index is 1.31. The zero-order chi connectivity index (χ0) is 19.2. The van der Waals surface area contributed by atoms with E-state index >= 15 is 0 Å². The number of amides is 3. The largest absolute Gasteiger partial charge is 0.366 e. The van der Waals surface area contributed by atoms with Crippen molar-refractivity contribution in [3.63, 3.8) is 0 Å². The Morgan fingerprint density at radius 2 is 1.81 bits per heavy atom. The molecule has 146 valence electrons. The molecule has 0 radical (unpaired) electrons. The SMILES string of the molecule is CC(C)(C)c1ccc(C2CN(C(=O)N3CC[C@H]4OCC(=O)N[C@@H]4C3)C2)cc1. The Morgan fingerprint density at radius 3 is 2.48 bits per heavy atom. The number of rotatable bonds is 1. The van der Waals surface area contributed by atoms with E-state index in [1.807, 2.05) is 9.80 Å². The van der Waals surface area contributed by atoms with Gasteiger partial charge >= 0.3 is 6.03 Å². The maximum Gasteiger partial charge on any atom is 0.320 e. The number of nitrogens with zero attached hydrogens (tertiary/aromatic N) is 2. The molecule has 27 heavy (non-hydrogen) atoms. The average Bonchev–Trinajstić information content (AvgIpc) is 2.59. The van der Waals surface area contributed by atoms with E-state index in [4.69, 9.17) is 4.74 Å². The van der Waals surface area contributed by atoms with Crippen LogP contribution in [0.15, 0.2) is 24.3 Å². The lowest BCUT2D eigenvalue weighted by Crippen LogP contribution is -2.63. The molecule has 6 heteroatoms. The summed E-state index contributed by atoms with van der Waals surface area (Å²) in [7, 11) is 0. The van der Waals surface area contributed by atoms with Gasteiger partial charge in [-0.1, -0.05) is 45.0 Å². The van der Waals surface area contributed by atoms with Gasteiger partial charge in [0, 0.05) is 32.1 Å². The molecule has 3 saturated heterocycles. The lowest BCUT2D eigenvalue weighted by Gasteiger charge is -2.46. The van der Waals surface area contributed by atoms with Crippen molar-refractivity contribution in [1.29, 1.82) is 0 Å². The van der Waals surface area contributed by atoms with Crippen LogP contribution in [0, 0.1) is 0 Å². The van der Waals surface area contributed by atoms with Crippen LogP contribution in [0.25, 0.3) is 0 Å². The van der Waals surface area contributed by atoms with Crippen molar-refractivity contribution in [1.82, 2.24) is 15.1 Å². The molecule has 3 aliphatic rings. The fraction of sp³-hybridized carbons (Fsp3) is 0.619. The van der Waals surface area contributed by atoms with E-state index in [1.165, 1.54) is 11.1 Å². The molecular weight excluding hydrogens is 342 g/mol. The van der Waals surface area contributed by atoms with Crippen molar-refractivity contribution in [3.8, 4) is 0 Å². The van der Waals surface area contributed by atoms with Gasteiger partial charge in [0.1, 0.15) is 6.61 Å². The number of carbonyl (C=O) groups excluding carboxylic acids is 2. The number of likely N-dealkylation sites (tertiary alicyclic amines) is 2. The summed E-state index contributed by atoms with van der Waals surface area (Å²) in [5.41, 5.74) is 2.79. The van der Waals surface area contributed by atoms with Crippen LogP contribution < -0.4 is 5.32 Å². The fourth-order valence-corrected chi connectivity index (χ4v) is 4.17. The van der Waals surface area contributed by atoms with Gasteiger partial charge in [0.2, 0.25) is 5.91 Å². The Morgan fingerprint density at radius 1 is 1.11 bits per heavy atom. The lowest BCUT2D eigenvalue weighted by molar-refractivity contribution is -0.139. The van der Waals surface area contributed by atoms with Crippen LogP contribution >= 0.6 is 0 Å². The smallest absolute Gasteiger partial charge is 0.320 e. The molecule has 3 fully saturated rings. The predicted molar refractivity (Wildman–Crippen MR) is 103 cm³/mol. The first-order valence-corrected chi connectivity index (χ1v) is 9.86. The molecule has 0 saturated carbocycles. The number of fused-ring (bicyclic) bond motifs is 1. The van der Waals surface area contributed by atoms with Crippen LogP contribution in [0.3, 0.4) is 0 Å².